The van der Waals surface area contributed by atoms with Crippen LogP contribution >= 0.6 is 11.6 Å². The van der Waals surface area contributed by atoms with Crippen LogP contribution < -0.4 is 5.32 Å². The number of hydrogen-bond acceptors (Lipinski definition) is 5. The Kier molecular flexibility index (Phi) is 6.56. The molecule has 0 aliphatic carbocycles. The lowest BCUT2D eigenvalue weighted by Gasteiger charge is -2.12. The van der Waals surface area contributed by atoms with Crippen molar-refractivity contribution in [1.29, 1.82) is 0 Å². The van der Waals surface area contributed by atoms with E-state index in [0.717, 1.165) is 11.3 Å². The molecule has 0 amide bonds. The molecule has 1 atom stereocenters. The first kappa shape index (κ1) is 15.9. The van der Waals surface area contributed by atoms with Crippen molar-refractivity contribution in [2.45, 2.75) is 19.3 Å². The van der Waals surface area contributed by atoms with E-state index in [1.54, 1.807) is 6.20 Å². The molecule has 112 valence electrons. The number of benzene rings is 1. The van der Waals surface area contributed by atoms with Gasteiger partial charge >= 0.3 is 0 Å². The Morgan fingerprint density at radius 3 is 2.86 bits per heavy atom. The largest absolute Gasteiger partial charge is 0.389 e. The molecule has 1 aromatic carbocycles. The summed E-state index contributed by atoms with van der Waals surface area (Å²) in [5.41, 5.74) is 1.75. The molecule has 0 fully saturated rings. The maximum Gasteiger partial charge on any atom is 0.0897 e. The Hall–Kier alpha value is -1.53. The van der Waals surface area contributed by atoms with Crippen LogP contribution in [0.2, 0.25) is 5.02 Å². The fourth-order valence-corrected chi connectivity index (χ4v) is 1.96. The van der Waals surface area contributed by atoms with Gasteiger partial charge in [-0.1, -0.05) is 29.8 Å². The maximum atomic E-state index is 9.82. The summed E-state index contributed by atoms with van der Waals surface area (Å²) in [6, 6.07) is 11.2. The van der Waals surface area contributed by atoms with Crippen LogP contribution in [-0.4, -0.2) is 34.6 Å². The van der Waals surface area contributed by atoms with Crippen LogP contribution in [0.25, 0.3) is 0 Å². The predicted molar refractivity (Wildman–Crippen MR) is 80.9 cm³/mol. The second-order valence-electron chi connectivity index (χ2n) is 4.61. The molecule has 0 bridgehead atoms. The van der Waals surface area contributed by atoms with Gasteiger partial charge in [0, 0.05) is 24.3 Å². The molecular formula is C15H18ClN3O2. The molecule has 0 aliphatic heterocycles. The van der Waals surface area contributed by atoms with Crippen molar-refractivity contribution in [3.05, 3.63) is 58.9 Å². The summed E-state index contributed by atoms with van der Waals surface area (Å²) in [5, 5.41) is 21.3. The third-order valence-corrected chi connectivity index (χ3v) is 3.21. The van der Waals surface area contributed by atoms with E-state index in [1.165, 1.54) is 0 Å². The van der Waals surface area contributed by atoms with E-state index in [4.69, 9.17) is 16.3 Å². The zero-order valence-corrected chi connectivity index (χ0v) is 12.3. The molecule has 0 saturated heterocycles. The summed E-state index contributed by atoms with van der Waals surface area (Å²) in [4.78, 5) is 0. The number of aliphatic hydroxyl groups excluding tert-OH is 1. The first-order valence-electron chi connectivity index (χ1n) is 6.72. The van der Waals surface area contributed by atoms with Crippen LogP contribution in [0, 0.1) is 0 Å². The second-order valence-corrected chi connectivity index (χ2v) is 5.01. The first-order chi connectivity index (χ1) is 10.3. The smallest absolute Gasteiger partial charge is 0.0897 e. The van der Waals surface area contributed by atoms with Gasteiger partial charge in [-0.05, 0) is 23.8 Å². The molecule has 2 N–H and O–H groups in total. The van der Waals surface area contributed by atoms with Gasteiger partial charge in [-0.15, -0.1) is 0 Å². The number of rotatable bonds is 8. The highest BCUT2D eigenvalue weighted by molar-refractivity contribution is 6.31. The van der Waals surface area contributed by atoms with Gasteiger partial charge in [-0.2, -0.15) is 10.2 Å². The van der Waals surface area contributed by atoms with Crippen molar-refractivity contribution in [2.24, 2.45) is 0 Å². The van der Waals surface area contributed by atoms with Crippen molar-refractivity contribution in [2.75, 3.05) is 13.2 Å². The summed E-state index contributed by atoms with van der Waals surface area (Å²) < 4.78 is 5.46. The van der Waals surface area contributed by atoms with E-state index in [1.807, 2.05) is 36.4 Å². The molecule has 0 spiro atoms. The fourth-order valence-electron chi connectivity index (χ4n) is 1.77. The number of ether oxygens (including phenoxy) is 1. The highest BCUT2D eigenvalue weighted by Crippen LogP contribution is 2.15. The standard InChI is InChI=1S/C15H18ClN3O2/c16-15-6-2-1-4-12(15)10-21-11-14(20)9-17-8-13-5-3-7-18-19-13/h1-7,14,17,20H,8-11H2. The van der Waals surface area contributed by atoms with Crippen molar-refractivity contribution in [1.82, 2.24) is 15.5 Å². The highest BCUT2D eigenvalue weighted by Gasteiger charge is 2.05. The predicted octanol–water partition coefficient (Wildman–Crippen LogP) is 1.80. The Labute approximate surface area is 128 Å². The summed E-state index contributed by atoms with van der Waals surface area (Å²) in [6.07, 6.45) is 1.05. The Morgan fingerprint density at radius 1 is 1.24 bits per heavy atom. The molecule has 6 heteroatoms. The summed E-state index contributed by atoms with van der Waals surface area (Å²) >= 11 is 6.02. The van der Waals surface area contributed by atoms with E-state index in [2.05, 4.69) is 15.5 Å². The lowest BCUT2D eigenvalue weighted by atomic mass is 10.2. The van der Waals surface area contributed by atoms with Crippen molar-refractivity contribution in [3.63, 3.8) is 0 Å². The molecule has 21 heavy (non-hydrogen) atoms. The fraction of sp³-hybridized carbons (Fsp3) is 0.333. The minimum absolute atomic E-state index is 0.249. The van der Waals surface area contributed by atoms with Gasteiger partial charge in [0.25, 0.3) is 0 Å². The molecule has 0 aliphatic rings. The Morgan fingerprint density at radius 2 is 2.10 bits per heavy atom. The number of nitrogens with zero attached hydrogens (tertiary/aromatic N) is 2. The average Bonchev–Trinajstić information content (AvgIpc) is 2.50. The quantitative estimate of drug-likeness (QED) is 0.778. The highest BCUT2D eigenvalue weighted by atomic mass is 35.5. The van der Waals surface area contributed by atoms with Crippen LogP contribution in [0.15, 0.2) is 42.6 Å². The lowest BCUT2D eigenvalue weighted by molar-refractivity contribution is 0.0287. The number of halogens is 1. The lowest BCUT2D eigenvalue weighted by Crippen LogP contribution is -2.30. The topological polar surface area (TPSA) is 67.3 Å². The molecule has 1 aromatic heterocycles. The van der Waals surface area contributed by atoms with E-state index in [0.29, 0.717) is 24.7 Å². The summed E-state index contributed by atoms with van der Waals surface area (Å²) in [7, 11) is 0. The monoisotopic (exact) mass is 307 g/mol. The number of aliphatic hydroxyl groups is 1. The van der Waals surface area contributed by atoms with E-state index in [-0.39, 0.29) is 6.61 Å². The molecule has 0 radical (unpaired) electrons. The number of aromatic nitrogens is 2. The van der Waals surface area contributed by atoms with Gasteiger partial charge in [0.05, 0.1) is 25.0 Å². The Bertz CT molecular complexity index is 539. The zero-order valence-electron chi connectivity index (χ0n) is 11.6. The number of hydrogen-bond donors (Lipinski definition) is 2. The van der Waals surface area contributed by atoms with Gasteiger partial charge in [-0.25, -0.2) is 0 Å². The van der Waals surface area contributed by atoms with Gasteiger partial charge in [0.2, 0.25) is 0 Å². The molecule has 2 rings (SSSR count). The molecule has 1 heterocycles. The van der Waals surface area contributed by atoms with E-state index in [9.17, 15) is 5.11 Å². The minimum Gasteiger partial charge on any atom is -0.389 e. The SMILES string of the molecule is OC(CNCc1cccnn1)COCc1ccccc1Cl. The van der Waals surface area contributed by atoms with Crippen molar-refractivity contribution in [3.8, 4) is 0 Å². The van der Waals surface area contributed by atoms with E-state index >= 15 is 0 Å². The Balaban J connectivity index is 1.62. The molecular weight excluding hydrogens is 290 g/mol. The zero-order chi connectivity index (χ0) is 14.9. The average molecular weight is 308 g/mol. The van der Waals surface area contributed by atoms with Crippen LogP contribution in [0.1, 0.15) is 11.3 Å². The molecule has 5 nitrogen and oxygen atoms in total. The van der Waals surface area contributed by atoms with Crippen LogP contribution in [0.3, 0.4) is 0 Å². The molecule has 1 unspecified atom stereocenters. The minimum atomic E-state index is -0.579. The summed E-state index contributed by atoms with van der Waals surface area (Å²) in [6.45, 7) is 1.63. The normalized spacial score (nSPS) is 12.3. The van der Waals surface area contributed by atoms with Gasteiger partial charge < -0.3 is 15.2 Å². The third kappa shape index (κ3) is 5.77. The first-order valence-corrected chi connectivity index (χ1v) is 7.10. The van der Waals surface area contributed by atoms with Gasteiger partial charge in [0.15, 0.2) is 0 Å². The number of nitrogens with one attached hydrogen (secondary N) is 1. The van der Waals surface area contributed by atoms with Crippen LogP contribution in [0.5, 0.6) is 0 Å². The van der Waals surface area contributed by atoms with E-state index < -0.39 is 6.10 Å². The van der Waals surface area contributed by atoms with Gasteiger partial charge in [0.1, 0.15) is 0 Å². The molecule has 2 aromatic rings. The summed E-state index contributed by atoms with van der Waals surface area (Å²) in [5.74, 6) is 0. The molecule has 0 saturated carbocycles. The maximum absolute atomic E-state index is 9.82. The van der Waals surface area contributed by atoms with Gasteiger partial charge in [-0.3, -0.25) is 0 Å². The van der Waals surface area contributed by atoms with Crippen LogP contribution in [0.4, 0.5) is 0 Å². The van der Waals surface area contributed by atoms with Crippen molar-refractivity contribution < 1.29 is 9.84 Å². The second kappa shape index (κ2) is 8.69. The van der Waals surface area contributed by atoms with Crippen LogP contribution in [-0.2, 0) is 17.9 Å². The van der Waals surface area contributed by atoms with Crippen molar-refractivity contribution >= 4 is 11.6 Å². The third-order valence-electron chi connectivity index (χ3n) is 2.84.